The van der Waals surface area contributed by atoms with Gasteiger partial charge in [0.05, 0.1) is 22.8 Å². The highest BCUT2D eigenvalue weighted by Crippen LogP contribution is 2.55. The van der Waals surface area contributed by atoms with Gasteiger partial charge in [0.25, 0.3) is 0 Å². The minimum atomic E-state index is -3.24. The first kappa shape index (κ1) is 15.6. The summed E-state index contributed by atoms with van der Waals surface area (Å²) in [7, 11) is -3.24. The Balaban J connectivity index is 1.51. The molecule has 0 aromatic heterocycles. The van der Waals surface area contributed by atoms with Crippen LogP contribution in [0, 0.1) is 11.8 Å². The molecule has 0 radical (unpaired) electrons. The quantitative estimate of drug-likeness (QED) is 0.848. The lowest BCUT2D eigenvalue weighted by molar-refractivity contribution is -0.180. The van der Waals surface area contributed by atoms with E-state index in [1.165, 1.54) is 38.5 Å². The summed E-state index contributed by atoms with van der Waals surface area (Å²) in [6.07, 6.45) is 7.55. The van der Waals surface area contributed by atoms with Gasteiger partial charge >= 0.3 is 0 Å². The summed E-state index contributed by atoms with van der Waals surface area (Å²) < 4.78 is 25.1. The SMILES string of the molecule is O=S(=O)(CCN1OC[C@@H]2CC[C@@H]3CCCC[C@]321)c1ccccc1. The third-order valence-electron chi connectivity index (χ3n) is 6.22. The fourth-order valence-corrected chi connectivity index (χ4v) is 6.33. The average Bonchev–Trinajstić information content (AvgIpc) is 3.10. The molecule has 5 heteroatoms. The summed E-state index contributed by atoms with van der Waals surface area (Å²) in [5.41, 5.74) is 0.129. The standard InChI is InChI=1S/C18H25NO3S/c20-23(21,17-7-2-1-3-8-17)13-12-19-18-11-5-4-6-15(18)9-10-16(18)14-22-19/h1-3,7-8,15-16H,4-6,9-14H2/t15-,16-,18-/m0/s1. The fourth-order valence-electron chi connectivity index (χ4n) is 5.12. The van der Waals surface area contributed by atoms with Crippen LogP contribution in [0.1, 0.15) is 38.5 Å². The van der Waals surface area contributed by atoms with E-state index in [2.05, 4.69) is 5.06 Å². The van der Waals surface area contributed by atoms with Crippen molar-refractivity contribution in [3.63, 3.8) is 0 Å². The minimum absolute atomic E-state index is 0.129. The van der Waals surface area contributed by atoms with Gasteiger partial charge in [-0.05, 0) is 43.7 Å². The van der Waals surface area contributed by atoms with Crippen molar-refractivity contribution in [3.8, 4) is 0 Å². The molecule has 23 heavy (non-hydrogen) atoms. The van der Waals surface area contributed by atoms with Crippen molar-refractivity contribution in [2.45, 2.75) is 49.0 Å². The number of hydrogen-bond donors (Lipinski definition) is 0. The van der Waals surface area contributed by atoms with E-state index in [9.17, 15) is 8.42 Å². The Kier molecular flexibility index (Phi) is 3.98. The normalized spacial score (nSPS) is 34.3. The second-order valence-electron chi connectivity index (χ2n) is 7.24. The Morgan fingerprint density at radius 3 is 2.70 bits per heavy atom. The van der Waals surface area contributed by atoms with Crippen LogP contribution in [-0.4, -0.2) is 37.9 Å². The summed E-state index contributed by atoms with van der Waals surface area (Å²) in [5, 5.41) is 2.08. The highest BCUT2D eigenvalue weighted by atomic mass is 32.2. The lowest BCUT2D eigenvalue weighted by Gasteiger charge is -2.44. The van der Waals surface area contributed by atoms with E-state index < -0.39 is 9.84 Å². The van der Waals surface area contributed by atoms with Gasteiger partial charge < -0.3 is 0 Å². The topological polar surface area (TPSA) is 46.6 Å². The van der Waals surface area contributed by atoms with Gasteiger partial charge in [-0.25, -0.2) is 8.42 Å². The van der Waals surface area contributed by atoms with Crippen LogP contribution in [0.15, 0.2) is 35.2 Å². The Labute approximate surface area is 138 Å². The van der Waals surface area contributed by atoms with Crippen LogP contribution in [0.3, 0.4) is 0 Å². The molecule has 2 saturated carbocycles. The molecule has 1 aromatic carbocycles. The van der Waals surface area contributed by atoms with Crippen LogP contribution in [0.25, 0.3) is 0 Å². The fraction of sp³-hybridized carbons (Fsp3) is 0.667. The van der Waals surface area contributed by atoms with Crippen molar-refractivity contribution >= 4 is 9.84 Å². The van der Waals surface area contributed by atoms with Crippen LogP contribution in [0.4, 0.5) is 0 Å². The Hall–Kier alpha value is -0.910. The van der Waals surface area contributed by atoms with Gasteiger partial charge in [-0.3, -0.25) is 4.84 Å². The van der Waals surface area contributed by atoms with E-state index in [1.54, 1.807) is 24.3 Å². The predicted octanol–water partition coefficient (Wildman–Crippen LogP) is 3.05. The second kappa shape index (κ2) is 5.87. The van der Waals surface area contributed by atoms with Gasteiger partial charge in [0, 0.05) is 12.5 Å². The number of rotatable bonds is 4. The molecule has 3 aliphatic rings. The third-order valence-corrected chi connectivity index (χ3v) is 7.93. The largest absolute Gasteiger partial charge is 0.298 e. The van der Waals surface area contributed by atoms with Crippen LogP contribution in [0.5, 0.6) is 0 Å². The van der Waals surface area contributed by atoms with E-state index in [0.717, 1.165) is 6.61 Å². The highest BCUT2D eigenvalue weighted by molar-refractivity contribution is 7.91. The van der Waals surface area contributed by atoms with Gasteiger partial charge in [0.2, 0.25) is 0 Å². The summed E-state index contributed by atoms with van der Waals surface area (Å²) in [4.78, 5) is 6.40. The molecule has 0 amide bonds. The smallest absolute Gasteiger partial charge is 0.179 e. The number of hydrogen-bond acceptors (Lipinski definition) is 4. The van der Waals surface area contributed by atoms with E-state index in [-0.39, 0.29) is 11.3 Å². The molecule has 2 aliphatic carbocycles. The Morgan fingerprint density at radius 2 is 1.87 bits per heavy atom. The van der Waals surface area contributed by atoms with Gasteiger partial charge in [0.1, 0.15) is 0 Å². The van der Waals surface area contributed by atoms with E-state index in [0.29, 0.717) is 23.3 Å². The predicted molar refractivity (Wildman–Crippen MR) is 88.6 cm³/mol. The van der Waals surface area contributed by atoms with Crippen molar-refractivity contribution in [2.75, 3.05) is 18.9 Å². The lowest BCUT2D eigenvalue weighted by Crippen LogP contribution is -2.52. The maximum Gasteiger partial charge on any atom is 0.179 e. The molecular weight excluding hydrogens is 310 g/mol. The van der Waals surface area contributed by atoms with Crippen molar-refractivity contribution in [2.24, 2.45) is 11.8 Å². The molecule has 4 rings (SSSR count). The molecule has 0 N–H and O–H groups in total. The van der Waals surface area contributed by atoms with Crippen molar-refractivity contribution < 1.29 is 13.3 Å². The molecule has 1 spiro atoms. The first-order chi connectivity index (χ1) is 11.1. The molecular formula is C18H25NO3S. The maximum absolute atomic E-state index is 12.6. The monoisotopic (exact) mass is 335 g/mol. The first-order valence-corrected chi connectivity index (χ1v) is 10.5. The first-order valence-electron chi connectivity index (χ1n) is 8.81. The van der Waals surface area contributed by atoms with Gasteiger partial charge in [0.15, 0.2) is 9.84 Å². The summed E-state index contributed by atoms with van der Waals surface area (Å²) >= 11 is 0. The van der Waals surface area contributed by atoms with Crippen LogP contribution in [-0.2, 0) is 14.7 Å². The van der Waals surface area contributed by atoms with Crippen molar-refractivity contribution in [3.05, 3.63) is 30.3 Å². The van der Waals surface area contributed by atoms with Gasteiger partial charge in [-0.2, -0.15) is 5.06 Å². The number of benzene rings is 1. The maximum atomic E-state index is 12.6. The van der Waals surface area contributed by atoms with E-state index in [1.807, 2.05) is 6.07 Å². The van der Waals surface area contributed by atoms with Crippen LogP contribution < -0.4 is 0 Å². The summed E-state index contributed by atoms with van der Waals surface area (Å²) in [5.74, 6) is 1.44. The molecule has 1 aromatic rings. The number of nitrogens with zero attached hydrogens (tertiary/aromatic N) is 1. The van der Waals surface area contributed by atoms with E-state index in [4.69, 9.17) is 4.84 Å². The summed E-state index contributed by atoms with van der Waals surface area (Å²) in [6.45, 7) is 1.27. The Morgan fingerprint density at radius 1 is 1.09 bits per heavy atom. The number of sulfone groups is 1. The molecule has 3 fully saturated rings. The molecule has 3 atom stereocenters. The minimum Gasteiger partial charge on any atom is -0.298 e. The lowest BCUT2D eigenvalue weighted by atomic mass is 9.71. The zero-order chi connectivity index (χ0) is 15.9. The van der Waals surface area contributed by atoms with Gasteiger partial charge in [-0.1, -0.05) is 31.0 Å². The summed E-state index contributed by atoms with van der Waals surface area (Å²) in [6, 6.07) is 8.77. The molecule has 1 aliphatic heterocycles. The van der Waals surface area contributed by atoms with Crippen molar-refractivity contribution in [1.29, 1.82) is 0 Å². The molecule has 4 nitrogen and oxygen atoms in total. The number of hydroxylamine groups is 2. The average molecular weight is 335 g/mol. The van der Waals surface area contributed by atoms with Crippen LogP contribution >= 0.6 is 0 Å². The van der Waals surface area contributed by atoms with Crippen molar-refractivity contribution in [1.82, 2.24) is 5.06 Å². The molecule has 126 valence electrons. The highest BCUT2D eigenvalue weighted by Gasteiger charge is 2.58. The zero-order valence-corrected chi connectivity index (χ0v) is 14.3. The zero-order valence-electron chi connectivity index (χ0n) is 13.5. The van der Waals surface area contributed by atoms with Gasteiger partial charge in [-0.15, -0.1) is 0 Å². The second-order valence-corrected chi connectivity index (χ2v) is 9.35. The molecule has 1 heterocycles. The van der Waals surface area contributed by atoms with E-state index >= 15 is 0 Å². The molecule has 0 unspecified atom stereocenters. The third kappa shape index (κ3) is 2.53. The Bertz CT molecular complexity index is 658. The molecule has 1 saturated heterocycles. The van der Waals surface area contributed by atoms with Crippen LogP contribution in [0.2, 0.25) is 0 Å². The molecule has 0 bridgehead atoms.